The Hall–Kier alpha value is -2.13. The third-order valence-electron chi connectivity index (χ3n) is 8.47. The normalized spacial score (nSPS) is 18.9. The van der Waals surface area contributed by atoms with E-state index in [9.17, 15) is 4.79 Å². The van der Waals surface area contributed by atoms with Crippen molar-refractivity contribution in [2.75, 3.05) is 5.32 Å². The van der Waals surface area contributed by atoms with E-state index >= 15 is 0 Å². The van der Waals surface area contributed by atoms with E-state index in [1.807, 2.05) is 35.2 Å². The summed E-state index contributed by atoms with van der Waals surface area (Å²) >= 11 is 0. The Bertz CT molecular complexity index is 1100. The maximum Gasteiger partial charge on any atom is 0.495 e. The lowest BCUT2D eigenvalue weighted by Crippen LogP contribution is -2.43. The molecule has 0 aliphatic carbocycles. The van der Waals surface area contributed by atoms with Crippen molar-refractivity contribution >= 4 is 32.6 Å². The van der Waals surface area contributed by atoms with Gasteiger partial charge >= 0.3 is 13.1 Å². The van der Waals surface area contributed by atoms with Crippen LogP contribution < -0.4 is 10.8 Å². The van der Waals surface area contributed by atoms with Crippen molar-refractivity contribution in [3.63, 3.8) is 0 Å². The molecule has 0 aromatic heterocycles. The van der Waals surface area contributed by atoms with Crippen LogP contribution in [-0.4, -0.2) is 37.6 Å². The number of carbonyl (C=O) groups excluding carboxylic acids is 1. The number of amides is 2. The van der Waals surface area contributed by atoms with Gasteiger partial charge < -0.3 is 24.0 Å². The van der Waals surface area contributed by atoms with E-state index in [0.717, 1.165) is 16.7 Å². The molecule has 1 saturated heterocycles. The standard InChI is InChI=1S/C28H41BN2O4Si/c1-26(2,3)36(8,9)33-19-22-23(29-34-27(4,5)28(6,7)35-29)15-12-16-24(22)30-25(32)31-17-20-13-10-11-14-21(20)18-31/h10-16H,17-19H2,1-9H3,(H,30,32). The Kier molecular flexibility index (Phi) is 6.97. The van der Waals surface area contributed by atoms with Crippen LogP contribution in [0.1, 0.15) is 65.2 Å². The quantitative estimate of drug-likeness (QED) is 0.499. The van der Waals surface area contributed by atoms with Crippen molar-refractivity contribution in [3.05, 3.63) is 59.2 Å². The molecule has 0 bridgehead atoms. The number of hydrogen-bond acceptors (Lipinski definition) is 4. The summed E-state index contributed by atoms with van der Waals surface area (Å²) in [5.74, 6) is 0. The molecule has 8 heteroatoms. The van der Waals surface area contributed by atoms with Crippen molar-refractivity contribution in [2.24, 2.45) is 0 Å². The maximum atomic E-state index is 13.4. The number of rotatable bonds is 5. The molecule has 0 saturated carbocycles. The second-order valence-corrected chi connectivity index (χ2v) is 17.4. The first kappa shape index (κ1) is 26.9. The molecule has 1 fully saturated rings. The minimum Gasteiger partial charge on any atom is -0.412 e. The fraction of sp³-hybridized carbons (Fsp3) is 0.536. The summed E-state index contributed by atoms with van der Waals surface area (Å²) in [6, 6.07) is 14.0. The van der Waals surface area contributed by atoms with Gasteiger partial charge in [0, 0.05) is 18.8 Å². The minimum absolute atomic E-state index is 0.0665. The van der Waals surface area contributed by atoms with Gasteiger partial charge in [-0.3, -0.25) is 0 Å². The summed E-state index contributed by atoms with van der Waals surface area (Å²) in [5, 5.41) is 3.25. The van der Waals surface area contributed by atoms with E-state index in [1.54, 1.807) is 0 Å². The summed E-state index contributed by atoms with van der Waals surface area (Å²) < 4.78 is 19.5. The molecule has 2 aliphatic rings. The molecule has 0 unspecified atom stereocenters. The van der Waals surface area contributed by atoms with Crippen LogP contribution in [0.4, 0.5) is 10.5 Å². The number of hydrogen-bond donors (Lipinski definition) is 1. The fourth-order valence-corrected chi connectivity index (χ4v) is 5.15. The summed E-state index contributed by atoms with van der Waals surface area (Å²) in [6.07, 6.45) is 0. The van der Waals surface area contributed by atoms with E-state index in [1.165, 1.54) is 11.1 Å². The van der Waals surface area contributed by atoms with Crippen LogP contribution in [0, 0.1) is 0 Å². The van der Waals surface area contributed by atoms with E-state index in [-0.39, 0.29) is 11.1 Å². The summed E-state index contributed by atoms with van der Waals surface area (Å²) in [7, 11) is -2.58. The lowest BCUT2D eigenvalue weighted by Gasteiger charge is -2.36. The zero-order chi connectivity index (χ0) is 26.5. The van der Waals surface area contributed by atoms with Crippen LogP contribution >= 0.6 is 0 Å². The summed E-state index contributed by atoms with van der Waals surface area (Å²) in [5.41, 5.74) is 4.01. The van der Waals surface area contributed by atoms with Gasteiger partial charge in [0.05, 0.1) is 17.8 Å². The van der Waals surface area contributed by atoms with Gasteiger partial charge in [0.2, 0.25) is 0 Å². The first-order chi connectivity index (χ1) is 16.6. The van der Waals surface area contributed by atoms with Gasteiger partial charge in [0.25, 0.3) is 0 Å². The van der Waals surface area contributed by atoms with Crippen LogP contribution in [0.2, 0.25) is 18.1 Å². The fourth-order valence-electron chi connectivity index (χ4n) is 4.21. The second-order valence-electron chi connectivity index (χ2n) is 12.6. The van der Waals surface area contributed by atoms with Gasteiger partial charge in [-0.2, -0.15) is 0 Å². The molecule has 1 N–H and O–H groups in total. The molecule has 0 atom stereocenters. The molecular formula is C28H41BN2O4Si. The molecule has 0 radical (unpaired) electrons. The predicted molar refractivity (Wildman–Crippen MR) is 149 cm³/mol. The van der Waals surface area contributed by atoms with Crippen LogP contribution in [0.3, 0.4) is 0 Å². The van der Waals surface area contributed by atoms with Crippen molar-refractivity contribution in [3.8, 4) is 0 Å². The number of urea groups is 1. The highest BCUT2D eigenvalue weighted by Gasteiger charge is 2.52. The molecular weight excluding hydrogens is 467 g/mol. The van der Waals surface area contributed by atoms with Gasteiger partial charge in [0.1, 0.15) is 0 Å². The number of nitrogens with zero attached hydrogens (tertiary/aromatic N) is 1. The van der Waals surface area contributed by atoms with Crippen molar-refractivity contribution in [1.29, 1.82) is 0 Å². The SMILES string of the molecule is CC1(C)OB(c2cccc(NC(=O)N3Cc4ccccc4C3)c2CO[Si](C)(C)C(C)(C)C)OC1(C)C. The van der Waals surface area contributed by atoms with Crippen LogP contribution in [0.5, 0.6) is 0 Å². The topological polar surface area (TPSA) is 60.0 Å². The Labute approximate surface area is 218 Å². The highest BCUT2D eigenvalue weighted by atomic mass is 28.4. The van der Waals surface area contributed by atoms with E-state index in [2.05, 4.69) is 79.0 Å². The smallest absolute Gasteiger partial charge is 0.412 e. The third kappa shape index (κ3) is 5.14. The zero-order valence-corrected chi connectivity index (χ0v) is 24.3. The molecule has 6 nitrogen and oxygen atoms in total. The highest BCUT2D eigenvalue weighted by Crippen LogP contribution is 2.39. The average Bonchev–Trinajstić information content (AvgIpc) is 3.29. The molecule has 4 rings (SSSR count). The zero-order valence-electron chi connectivity index (χ0n) is 23.3. The monoisotopic (exact) mass is 508 g/mol. The molecule has 2 aliphatic heterocycles. The van der Waals surface area contributed by atoms with Crippen molar-refractivity contribution in [2.45, 2.75) is 97.5 Å². The van der Waals surface area contributed by atoms with Gasteiger partial charge in [-0.1, -0.05) is 57.2 Å². The van der Waals surface area contributed by atoms with Gasteiger partial charge in [0.15, 0.2) is 8.32 Å². The van der Waals surface area contributed by atoms with Crippen molar-refractivity contribution < 1.29 is 18.5 Å². The Morgan fingerprint density at radius 3 is 2.08 bits per heavy atom. The molecule has 2 heterocycles. The molecule has 2 amide bonds. The van der Waals surface area contributed by atoms with Gasteiger partial charge in [-0.25, -0.2) is 4.79 Å². The summed E-state index contributed by atoms with van der Waals surface area (Å²) in [6.45, 7) is 21.0. The lowest BCUT2D eigenvalue weighted by molar-refractivity contribution is 0.00578. The molecule has 0 spiro atoms. The lowest BCUT2D eigenvalue weighted by atomic mass is 9.75. The number of nitrogens with one attached hydrogen (secondary N) is 1. The first-order valence-corrected chi connectivity index (χ1v) is 15.8. The number of anilines is 1. The number of fused-ring (bicyclic) bond motifs is 1. The summed E-state index contributed by atoms with van der Waals surface area (Å²) in [4.78, 5) is 15.2. The van der Waals surface area contributed by atoms with E-state index in [0.29, 0.717) is 19.7 Å². The number of carbonyl (C=O) groups is 1. The molecule has 2 aromatic carbocycles. The highest BCUT2D eigenvalue weighted by molar-refractivity contribution is 6.74. The largest absolute Gasteiger partial charge is 0.495 e. The van der Waals surface area contributed by atoms with Crippen LogP contribution in [-0.2, 0) is 33.4 Å². The minimum atomic E-state index is -2.04. The van der Waals surface area contributed by atoms with E-state index in [4.69, 9.17) is 13.7 Å². The number of benzene rings is 2. The second kappa shape index (κ2) is 9.32. The average molecular weight is 509 g/mol. The Morgan fingerprint density at radius 1 is 1.00 bits per heavy atom. The molecule has 194 valence electrons. The predicted octanol–water partition coefficient (Wildman–Crippen LogP) is 6.06. The van der Waals surface area contributed by atoms with Crippen LogP contribution in [0.15, 0.2) is 42.5 Å². The van der Waals surface area contributed by atoms with Crippen LogP contribution in [0.25, 0.3) is 0 Å². The third-order valence-corrected chi connectivity index (χ3v) is 13.0. The van der Waals surface area contributed by atoms with Gasteiger partial charge in [-0.05, 0) is 74.0 Å². The van der Waals surface area contributed by atoms with Crippen molar-refractivity contribution in [1.82, 2.24) is 4.90 Å². The first-order valence-electron chi connectivity index (χ1n) is 12.9. The maximum absolute atomic E-state index is 13.4. The van der Waals surface area contributed by atoms with E-state index < -0.39 is 26.6 Å². The van der Waals surface area contributed by atoms with Gasteiger partial charge in [-0.15, -0.1) is 0 Å². The Morgan fingerprint density at radius 2 is 1.56 bits per heavy atom. The Balaban J connectivity index is 1.64. The molecule has 2 aromatic rings. The molecule has 36 heavy (non-hydrogen) atoms.